The van der Waals surface area contributed by atoms with Gasteiger partial charge in [-0.25, -0.2) is 4.79 Å². The zero-order valence-corrected chi connectivity index (χ0v) is 15.1. The zero-order chi connectivity index (χ0) is 18.5. The number of anilines is 1. The lowest BCUT2D eigenvalue weighted by Gasteiger charge is -2.08. The zero-order valence-electron chi connectivity index (χ0n) is 14.3. The lowest BCUT2D eigenvalue weighted by Crippen LogP contribution is -2.28. The predicted molar refractivity (Wildman–Crippen MR) is 105 cm³/mol. The van der Waals surface area contributed by atoms with Crippen molar-refractivity contribution in [1.29, 1.82) is 0 Å². The van der Waals surface area contributed by atoms with Crippen molar-refractivity contribution in [2.45, 2.75) is 6.54 Å². The quantitative estimate of drug-likeness (QED) is 0.525. The second-order valence-corrected chi connectivity index (χ2v) is 6.72. The van der Waals surface area contributed by atoms with Crippen LogP contribution >= 0.6 is 11.3 Å². The van der Waals surface area contributed by atoms with E-state index in [-0.39, 0.29) is 6.03 Å². The molecule has 4 aromatic rings. The Balaban J connectivity index is 1.42. The number of nitrogens with zero attached hydrogens (tertiary/aromatic N) is 2. The average molecular weight is 376 g/mol. The van der Waals surface area contributed by atoms with E-state index in [1.807, 2.05) is 72.1 Å². The standard InChI is InChI=1S/C20H16N4O2S/c25-20(21-13-14-6-2-1-3-7-14)22-16-9-4-8-15(12-16)18-23-19(26-24-18)17-10-5-11-27-17/h1-12H,13H2,(H2,21,22,25). The molecule has 2 heterocycles. The molecule has 27 heavy (non-hydrogen) atoms. The van der Waals surface area contributed by atoms with Gasteiger partial charge in [-0.2, -0.15) is 4.98 Å². The fourth-order valence-corrected chi connectivity index (χ4v) is 3.18. The van der Waals surface area contributed by atoms with Gasteiger partial charge in [-0.3, -0.25) is 0 Å². The van der Waals surface area contributed by atoms with Crippen molar-refractivity contribution >= 4 is 23.1 Å². The lowest BCUT2D eigenvalue weighted by atomic mass is 10.2. The summed E-state index contributed by atoms with van der Waals surface area (Å²) in [5.74, 6) is 0.964. The van der Waals surface area contributed by atoms with Crippen LogP contribution in [0.1, 0.15) is 5.56 Å². The predicted octanol–water partition coefficient (Wildman–Crippen LogP) is 4.79. The molecule has 4 rings (SSSR count). The molecule has 2 aromatic heterocycles. The van der Waals surface area contributed by atoms with E-state index in [2.05, 4.69) is 20.8 Å². The highest BCUT2D eigenvalue weighted by molar-refractivity contribution is 7.13. The van der Waals surface area contributed by atoms with Gasteiger partial charge in [0.2, 0.25) is 5.82 Å². The van der Waals surface area contributed by atoms with Gasteiger partial charge in [0.1, 0.15) is 0 Å². The van der Waals surface area contributed by atoms with Crippen LogP contribution in [0.4, 0.5) is 10.5 Å². The number of benzene rings is 2. The molecule has 0 unspecified atom stereocenters. The monoisotopic (exact) mass is 376 g/mol. The normalized spacial score (nSPS) is 10.5. The fourth-order valence-electron chi connectivity index (χ4n) is 2.53. The molecule has 0 saturated carbocycles. The fraction of sp³-hybridized carbons (Fsp3) is 0.0500. The Kier molecular flexibility index (Phi) is 4.93. The molecule has 0 fully saturated rings. The summed E-state index contributed by atoms with van der Waals surface area (Å²) >= 11 is 1.54. The van der Waals surface area contributed by atoms with Crippen LogP contribution in [0, 0.1) is 0 Å². The number of urea groups is 1. The Hall–Kier alpha value is -3.45. The van der Waals surface area contributed by atoms with E-state index in [0.29, 0.717) is 23.9 Å². The van der Waals surface area contributed by atoms with Crippen LogP contribution in [0.2, 0.25) is 0 Å². The summed E-state index contributed by atoms with van der Waals surface area (Å²) in [6.45, 7) is 0.460. The van der Waals surface area contributed by atoms with Crippen LogP contribution in [-0.2, 0) is 6.54 Å². The van der Waals surface area contributed by atoms with E-state index in [4.69, 9.17) is 4.52 Å². The number of aromatic nitrogens is 2. The highest BCUT2D eigenvalue weighted by atomic mass is 32.1. The molecule has 0 atom stereocenters. The molecule has 0 aliphatic heterocycles. The summed E-state index contributed by atoms with van der Waals surface area (Å²) < 4.78 is 5.32. The van der Waals surface area contributed by atoms with Gasteiger partial charge in [0.25, 0.3) is 5.89 Å². The van der Waals surface area contributed by atoms with Crippen LogP contribution in [0.3, 0.4) is 0 Å². The molecule has 0 radical (unpaired) electrons. The maximum absolute atomic E-state index is 12.1. The maximum Gasteiger partial charge on any atom is 0.319 e. The van der Waals surface area contributed by atoms with Crippen molar-refractivity contribution in [3.8, 4) is 22.2 Å². The minimum Gasteiger partial charge on any atom is -0.334 e. The Morgan fingerprint density at radius 2 is 1.93 bits per heavy atom. The number of carbonyl (C=O) groups is 1. The molecule has 2 amide bonds. The number of thiophene rings is 1. The Morgan fingerprint density at radius 3 is 2.74 bits per heavy atom. The average Bonchev–Trinajstić information content (AvgIpc) is 3.39. The van der Waals surface area contributed by atoms with Crippen molar-refractivity contribution in [3.63, 3.8) is 0 Å². The molecule has 0 spiro atoms. The number of hydrogen-bond acceptors (Lipinski definition) is 5. The third-order valence-electron chi connectivity index (χ3n) is 3.83. The van der Waals surface area contributed by atoms with Gasteiger partial charge in [0, 0.05) is 17.8 Å². The van der Waals surface area contributed by atoms with Gasteiger partial charge in [-0.05, 0) is 29.1 Å². The smallest absolute Gasteiger partial charge is 0.319 e. The van der Waals surface area contributed by atoms with Gasteiger partial charge in [-0.1, -0.05) is 53.7 Å². The Labute approximate surface area is 159 Å². The first-order chi connectivity index (χ1) is 13.3. The number of carbonyl (C=O) groups excluding carboxylic acids is 1. The first kappa shape index (κ1) is 17.0. The topological polar surface area (TPSA) is 80.0 Å². The van der Waals surface area contributed by atoms with E-state index in [1.54, 1.807) is 0 Å². The molecule has 6 nitrogen and oxygen atoms in total. The largest absolute Gasteiger partial charge is 0.334 e. The molecule has 0 aliphatic rings. The first-order valence-corrected chi connectivity index (χ1v) is 9.23. The maximum atomic E-state index is 12.1. The van der Waals surface area contributed by atoms with Crippen LogP contribution < -0.4 is 10.6 Å². The molecular formula is C20H16N4O2S. The van der Waals surface area contributed by atoms with Crippen LogP contribution in [0.15, 0.2) is 76.6 Å². The van der Waals surface area contributed by atoms with E-state index in [9.17, 15) is 4.79 Å². The molecule has 0 bridgehead atoms. The Bertz CT molecular complexity index is 1030. The molecule has 2 aromatic carbocycles. The van der Waals surface area contributed by atoms with E-state index < -0.39 is 0 Å². The van der Waals surface area contributed by atoms with E-state index >= 15 is 0 Å². The minimum absolute atomic E-state index is 0.275. The number of rotatable bonds is 5. The van der Waals surface area contributed by atoms with Gasteiger partial charge < -0.3 is 15.2 Å². The van der Waals surface area contributed by atoms with Gasteiger partial charge in [-0.15, -0.1) is 11.3 Å². The number of nitrogens with one attached hydrogen (secondary N) is 2. The Morgan fingerprint density at radius 1 is 1.04 bits per heavy atom. The summed E-state index contributed by atoms with van der Waals surface area (Å²) in [4.78, 5) is 17.5. The van der Waals surface area contributed by atoms with Gasteiger partial charge in [0.05, 0.1) is 4.88 Å². The number of amides is 2. The third-order valence-corrected chi connectivity index (χ3v) is 4.69. The summed E-state index contributed by atoms with van der Waals surface area (Å²) in [5, 5.41) is 11.6. The summed E-state index contributed by atoms with van der Waals surface area (Å²) in [6.07, 6.45) is 0. The van der Waals surface area contributed by atoms with Gasteiger partial charge >= 0.3 is 6.03 Å². The minimum atomic E-state index is -0.275. The molecule has 0 aliphatic carbocycles. The van der Waals surface area contributed by atoms with Crippen molar-refractivity contribution in [2.75, 3.05) is 5.32 Å². The van der Waals surface area contributed by atoms with Crippen LogP contribution in [0.25, 0.3) is 22.2 Å². The molecule has 2 N–H and O–H groups in total. The van der Waals surface area contributed by atoms with Crippen LogP contribution in [-0.4, -0.2) is 16.2 Å². The summed E-state index contributed by atoms with van der Waals surface area (Å²) in [7, 11) is 0. The van der Waals surface area contributed by atoms with Crippen molar-refractivity contribution < 1.29 is 9.32 Å². The molecule has 134 valence electrons. The lowest BCUT2D eigenvalue weighted by molar-refractivity contribution is 0.251. The molecular weight excluding hydrogens is 360 g/mol. The first-order valence-electron chi connectivity index (χ1n) is 8.35. The molecule has 0 saturated heterocycles. The number of hydrogen-bond donors (Lipinski definition) is 2. The third kappa shape index (κ3) is 4.21. The highest BCUT2D eigenvalue weighted by Crippen LogP contribution is 2.26. The molecule has 7 heteroatoms. The van der Waals surface area contributed by atoms with Crippen molar-refractivity contribution in [2.24, 2.45) is 0 Å². The van der Waals surface area contributed by atoms with Crippen molar-refractivity contribution in [3.05, 3.63) is 77.7 Å². The summed E-state index contributed by atoms with van der Waals surface area (Å²) in [6, 6.07) is 20.7. The van der Waals surface area contributed by atoms with E-state index in [1.165, 1.54) is 11.3 Å². The summed E-state index contributed by atoms with van der Waals surface area (Å²) in [5.41, 5.74) is 2.46. The van der Waals surface area contributed by atoms with Crippen LogP contribution in [0.5, 0.6) is 0 Å². The van der Waals surface area contributed by atoms with E-state index in [0.717, 1.165) is 16.0 Å². The second-order valence-electron chi connectivity index (χ2n) is 5.77. The highest BCUT2D eigenvalue weighted by Gasteiger charge is 2.12. The van der Waals surface area contributed by atoms with Crippen molar-refractivity contribution in [1.82, 2.24) is 15.5 Å². The van der Waals surface area contributed by atoms with Gasteiger partial charge in [0.15, 0.2) is 0 Å². The second kappa shape index (κ2) is 7.84. The SMILES string of the molecule is O=C(NCc1ccccc1)Nc1cccc(-c2noc(-c3cccs3)n2)c1.